The molecule has 0 aromatic carbocycles. The molecular weight excluding hydrogens is 182 g/mol. The number of hydrogen-bond donors (Lipinski definition) is 2. The van der Waals surface area contributed by atoms with E-state index >= 15 is 0 Å². The molecule has 1 atom stereocenters. The summed E-state index contributed by atoms with van der Waals surface area (Å²) < 4.78 is 0.810. The summed E-state index contributed by atoms with van der Waals surface area (Å²) in [5.41, 5.74) is 1.06. The van der Waals surface area contributed by atoms with E-state index < -0.39 is 6.23 Å². The number of dihydropyridines is 1. The van der Waals surface area contributed by atoms with Crippen molar-refractivity contribution in [2.45, 2.75) is 13.2 Å². The summed E-state index contributed by atoms with van der Waals surface area (Å²) in [4.78, 5) is 0. The van der Waals surface area contributed by atoms with Crippen molar-refractivity contribution in [3.8, 4) is 0 Å². The van der Waals surface area contributed by atoms with Crippen LogP contribution in [0.15, 0.2) is 22.3 Å². The average molecular weight is 190 g/mol. The Hall–Kier alpha value is -0.280. The van der Waals surface area contributed by atoms with Gasteiger partial charge in [-0.25, -0.2) is 0 Å². The summed E-state index contributed by atoms with van der Waals surface area (Å²) in [6.07, 6.45) is 3.07. The first-order chi connectivity index (χ1) is 4.22. The van der Waals surface area contributed by atoms with Gasteiger partial charge in [-0.15, -0.1) is 0 Å². The molecule has 1 aliphatic heterocycles. The predicted molar refractivity (Wildman–Crippen MR) is 39.9 cm³/mol. The summed E-state index contributed by atoms with van der Waals surface area (Å²) >= 11 is 3.23. The lowest BCUT2D eigenvalue weighted by molar-refractivity contribution is 0.197. The lowest BCUT2D eigenvalue weighted by atomic mass is 10.2. The van der Waals surface area contributed by atoms with E-state index in [0.29, 0.717) is 0 Å². The van der Waals surface area contributed by atoms with Crippen molar-refractivity contribution in [1.82, 2.24) is 5.32 Å². The Bertz CT molecular complexity index is 174. The Morgan fingerprint density at radius 2 is 2.44 bits per heavy atom. The topological polar surface area (TPSA) is 32.3 Å². The van der Waals surface area contributed by atoms with Crippen LogP contribution in [-0.2, 0) is 0 Å². The van der Waals surface area contributed by atoms with Crippen LogP contribution in [0.2, 0.25) is 0 Å². The van der Waals surface area contributed by atoms with Crippen molar-refractivity contribution in [3.05, 3.63) is 22.3 Å². The Morgan fingerprint density at radius 3 is 2.89 bits per heavy atom. The van der Waals surface area contributed by atoms with Crippen molar-refractivity contribution in [2.75, 3.05) is 0 Å². The molecule has 0 aromatic heterocycles. The molecule has 0 spiro atoms. The van der Waals surface area contributed by atoms with Crippen LogP contribution in [0.1, 0.15) is 6.92 Å². The maximum Gasteiger partial charge on any atom is 0.157 e. The second-order valence-corrected chi connectivity index (χ2v) is 2.79. The zero-order chi connectivity index (χ0) is 6.85. The van der Waals surface area contributed by atoms with Gasteiger partial charge < -0.3 is 10.4 Å². The molecule has 0 saturated carbocycles. The van der Waals surface area contributed by atoms with Crippen molar-refractivity contribution in [3.63, 3.8) is 0 Å². The zero-order valence-corrected chi connectivity index (χ0v) is 6.64. The molecule has 1 rings (SSSR count). The predicted octanol–water partition coefficient (Wildman–Crippen LogP) is 1.09. The van der Waals surface area contributed by atoms with Crippen LogP contribution in [0, 0.1) is 0 Å². The molecule has 1 unspecified atom stereocenters. The Morgan fingerprint density at radius 1 is 1.78 bits per heavy atom. The maximum atomic E-state index is 9.08. The molecule has 0 aromatic rings. The fourth-order valence-electron chi connectivity index (χ4n) is 0.633. The molecule has 0 amide bonds. The van der Waals surface area contributed by atoms with E-state index in [1.165, 1.54) is 0 Å². The minimum absolute atomic E-state index is 0.560. The van der Waals surface area contributed by atoms with Gasteiger partial charge in [-0.05, 0) is 24.8 Å². The van der Waals surface area contributed by atoms with Gasteiger partial charge in [0.1, 0.15) is 0 Å². The van der Waals surface area contributed by atoms with Gasteiger partial charge in [0.2, 0.25) is 0 Å². The third kappa shape index (κ3) is 1.34. The number of rotatable bonds is 0. The van der Waals surface area contributed by atoms with Crippen LogP contribution in [0.25, 0.3) is 0 Å². The summed E-state index contributed by atoms with van der Waals surface area (Å²) in [6.45, 7) is 1.94. The van der Waals surface area contributed by atoms with E-state index in [9.17, 15) is 0 Å². The highest BCUT2D eigenvalue weighted by Crippen LogP contribution is 2.18. The lowest BCUT2D eigenvalue weighted by Gasteiger charge is -2.15. The molecule has 3 heteroatoms. The normalized spacial score (nSPS) is 26.3. The number of allylic oxidation sites excluding steroid dienone is 2. The molecule has 1 aliphatic rings. The summed E-state index contributed by atoms with van der Waals surface area (Å²) in [6, 6.07) is 0. The number of aliphatic hydroxyl groups is 1. The summed E-state index contributed by atoms with van der Waals surface area (Å²) in [7, 11) is 0. The molecule has 0 radical (unpaired) electrons. The van der Waals surface area contributed by atoms with Gasteiger partial charge in [0.25, 0.3) is 0 Å². The van der Waals surface area contributed by atoms with Gasteiger partial charge in [0.05, 0.1) is 0 Å². The van der Waals surface area contributed by atoms with Gasteiger partial charge >= 0.3 is 0 Å². The fraction of sp³-hybridized carbons (Fsp3) is 0.333. The second-order valence-electron chi connectivity index (χ2n) is 1.93. The molecule has 0 bridgehead atoms. The van der Waals surface area contributed by atoms with Crippen LogP contribution >= 0.6 is 15.9 Å². The largest absolute Gasteiger partial charge is 0.369 e. The van der Waals surface area contributed by atoms with Gasteiger partial charge in [-0.3, -0.25) is 0 Å². The van der Waals surface area contributed by atoms with Crippen LogP contribution in [0.3, 0.4) is 0 Å². The number of nitrogens with one attached hydrogen (secondary N) is 1. The quantitative estimate of drug-likeness (QED) is 0.599. The molecule has 2 N–H and O–H groups in total. The van der Waals surface area contributed by atoms with Gasteiger partial charge in [0, 0.05) is 4.48 Å². The Labute approximate surface area is 62.4 Å². The number of hydrogen-bond acceptors (Lipinski definition) is 2. The summed E-state index contributed by atoms with van der Waals surface area (Å²) in [5.74, 6) is 0. The Kier molecular flexibility index (Phi) is 1.93. The van der Waals surface area contributed by atoms with E-state index in [2.05, 4.69) is 21.2 Å². The van der Waals surface area contributed by atoms with Crippen LogP contribution in [-0.4, -0.2) is 11.3 Å². The van der Waals surface area contributed by atoms with E-state index in [1.807, 2.05) is 13.0 Å². The minimum atomic E-state index is -0.560. The summed E-state index contributed by atoms with van der Waals surface area (Å²) in [5, 5.41) is 11.8. The Balaban J connectivity index is 2.83. The first-order valence-electron chi connectivity index (χ1n) is 2.69. The molecular formula is C6H8BrNO. The lowest BCUT2D eigenvalue weighted by Crippen LogP contribution is -2.26. The molecule has 9 heavy (non-hydrogen) atoms. The third-order valence-corrected chi connectivity index (χ3v) is 2.26. The molecule has 50 valence electrons. The zero-order valence-electron chi connectivity index (χ0n) is 5.06. The fourth-order valence-corrected chi connectivity index (χ4v) is 0.897. The van der Waals surface area contributed by atoms with Crippen molar-refractivity contribution in [2.24, 2.45) is 0 Å². The molecule has 0 saturated heterocycles. The van der Waals surface area contributed by atoms with E-state index in [-0.39, 0.29) is 0 Å². The number of aliphatic hydroxyl groups excluding tert-OH is 1. The van der Waals surface area contributed by atoms with E-state index in [4.69, 9.17) is 5.11 Å². The first kappa shape index (κ1) is 6.83. The highest BCUT2D eigenvalue weighted by atomic mass is 79.9. The molecule has 2 nitrogen and oxygen atoms in total. The average Bonchev–Trinajstić information content (AvgIpc) is 1.83. The third-order valence-electron chi connectivity index (χ3n) is 1.20. The van der Waals surface area contributed by atoms with E-state index in [1.54, 1.807) is 6.20 Å². The van der Waals surface area contributed by atoms with Crippen LogP contribution in [0.4, 0.5) is 0 Å². The standard InChI is InChI=1S/C6H8BrNO/c1-4-2-3-8-6(9)5(4)7/h2-3,6,8-9H,1H3. The smallest absolute Gasteiger partial charge is 0.157 e. The van der Waals surface area contributed by atoms with E-state index in [0.717, 1.165) is 10.1 Å². The first-order valence-corrected chi connectivity index (χ1v) is 3.48. The highest BCUT2D eigenvalue weighted by molar-refractivity contribution is 9.11. The van der Waals surface area contributed by atoms with Gasteiger partial charge in [-0.2, -0.15) is 0 Å². The second kappa shape index (κ2) is 2.54. The molecule has 0 aliphatic carbocycles. The molecule has 0 fully saturated rings. The monoisotopic (exact) mass is 189 g/mol. The SMILES string of the molecule is CC1=C(Br)C(O)NC=C1. The minimum Gasteiger partial charge on any atom is -0.369 e. The van der Waals surface area contributed by atoms with Crippen molar-refractivity contribution in [1.29, 1.82) is 0 Å². The van der Waals surface area contributed by atoms with Crippen LogP contribution in [0.5, 0.6) is 0 Å². The maximum absolute atomic E-state index is 9.08. The highest BCUT2D eigenvalue weighted by Gasteiger charge is 2.09. The van der Waals surface area contributed by atoms with Crippen molar-refractivity contribution < 1.29 is 5.11 Å². The molecule has 1 heterocycles. The van der Waals surface area contributed by atoms with Crippen molar-refractivity contribution >= 4 is 15.9 Å². The number of halogens is 1. The van der Waals surface area contributed by atoms with Crippen LogP contribution < -0.4 is 5.32 Å². The van der Waals surface area contributed by atoms with Gasteiger partial charge in [-0.1, -0.05) is 15.9 Å². The van der Waals surface area contributed by atoms with Gasteiger partial charge in [0.15, 0.2) is 6.23 Å².